The topological polar surface area (TPSA) is 43.4 Å². The van der Waals surface area contributed by atoms with Crippen molar-refractivity contribution in [2.75, 3.05) is 7.11 Å². The van der Waals surface area contributed by atoms with E-state index in [-0.39, 0.29) is 9.93 Å². The summed E-state index contributed by atoms with van der Waals surface area (Å²) in [5.41, 5.74) is 0.618. The molecule has 3 nitrogen and oxygen atoms in total. The van der Waals surface area contributed by atoms with Crippen LogP contribution in [0.1, 0.15) is 5.56 Å². The molecule has 5 heteroatoms. The predicted octanol–water partition coefficient (Wildman–Crippen LogP) is 3.71. The number of halogens is 1. The number of methoxy groups -OCH3 is 1. The molecular weight excluding hydrogens is 296 g/mol. The average Bonchev–Trinajstić information content (AvgIpc) is 2.48. The minimum atomic E-state index is -3.55. The molecule has 0 aliphatic rings. The molecule has 0 spiro atoms. The number of sulfone groups is 1. The lowest BCUT2D eigenvalue weighted by Crippen LogP contribution is -1.96. The zero-order valence-electron chi connectivity index (χ0n) is 10.8. The predicted molar refractivity (Wildman–Crippen MR) is 80.5 cm³/mol. The van der Waals surface area contributed by atoms with Gasteiger partial charge in [-0.15, -0.1) is 0 Å². The third kappa shape index (κ3) is 3.40. The minimum absolute atomic E-state index is 0.163. The molecule has 0 heterocycles. The van der Waals surface area contributed by atoms with E-state index in [1.54, 1.807) is 49.6 Å². The van der Waals surface area contributed by atoms with Gasteiger partial charge in [0.15, 0.2) is 0 Å². The Morgan fingerprint density at radius 2 is 1.65 bits per heavy atom. The monoisotopic (exact) mass is 308 g/mol. The Balaban J connectivity index is 2.34. The van der Waals surface area contributed by atoms with E-state index < -0.39 is 9.84 Å². The number of hydrogen-bond acceptors (Lipinski definition) is 3. The second kappa shape index (κ2) is 6.11. The van der Waals surface area contributed by atoms with Gasteiger partial charge in [-0.1, -0.05) is 29.8 Å². The Morgan fingerprint density at radius 1 is 1.05 bits per heavy atom. The van der Waals surface area contributed by atoms with E-state index in [9.17, 15) is 8.42 Å². The molecule has 0 fully saturated rings. The van der Waals surface area contributed by atoms with E-state index in [2.05, 4.69) is 0 Å². The largest absolute Gasteiger partial charge is 0.497 e. The maximum absolute atomic E-state index is 12.2. The fourth-order valence-corrected chi connectivity index (χ4v) is 3.19. The Bertz CT molecular complexity index is 705. The number of ether oxygens (including phenoxy) is 1. The first-order valence-electron chi connectivity index (χ1n) is 5.85. The zero-order chi connectivity index (χ0) is 14.6. The molecule has 0 saturated heterocycles. The summed E-state index contributed by atoms with van der Waals surface area (Å²) in [6, 6.07) is 15.0. The fourth-order valence-electron chi connectivity index (χ4n) is 1.63. The Labute approximate surface area is 123 Å². The van der Waals surface area contributed by atoms with Crippen LogP contribution in [0.4, 0.5) is 0 Å². The first-order chi connectivity index (χ1) is 9.53. The zero-order valence-corrected chi connectivity index (χ0v) is 12.4. The maximum Gasteiger partial charge on any atom is 0.201 e. The van der Waals surface area contributed by atoms with Gasteiger partial charge in [0, 0.05) is 0 Å². The lowest BCUT2D eigenvalue weighted by molar-refractivity contribution is 0.415. The number of benzene rings is 2. The van der Waals surface area contributed by atoms with Crippen LogP contribution < -0.4 is 4.74 Å². The molecule has 0 unspecified atom stereocenters. The average molecular weight is 309 g/mol. The highest BCUT2D eigenvalue weighted by Gasteiger charge is 2.12. The van der Waals surface area contributed by atoms with E-state index >= 15 is 0 Å². The standard InChI is InChI=1S/C15H13ClO3S/c1-19-13-9-7-12(8-10-13)15(16)11-20(17,18)14-5-3-2-4-6-14/h2-11H,1H3/b15-11-. The van der Waals surface area contributed by atoms with Gasteiger partial charge in [-0.05, 0) is 42.0 Å². The Hall–Kier alpha value is -1.78. The van der Waals surface area contributed by atoms with Crippen molar-refractivity contribution in [1.82, 2.24) is 0 Å². The van der Waals surface area contributed by atoms with Gasteiger partial charge >= 0.3 is 0 Å². The molecule has 0 N–H and O–H groups in total. The molecule has 0 amide bonds. The number of rotatable bonds is 4. The van der Waals surface area contributed by atoms with E-state index in [1.165, 1.54) is 12.1 Å². The van der Waals surface area contributed by atoms with Crippen LogP contribution >= 0.6 is 11.6 Å². The molecular formula is C15H13ClO3S. The van der Waals surface area contributed by atoms with Crippen LogP contribution in [0.2, 0.25) is 0 Å². The normalized spacial score (nSPS) is 12.2. The first kappa shape index (κ1) is 14.6. The molecule has 0 aliphatic carbocycles. The summed E-state index contributed by atoms with van der Waals surface area (Å²) in [5.74, 6) is 0.684. The number of hydrogen-bond donors (Lipinski definition) is 0. The van der Waals surface area contributed by atoms with Crippen molar-refractivity contribution < 1.29 is 13.2 Å². The van der Waals surface area contributed by atoms with Crippen molar-refractivity contribution in [3.05, 3.63) is 65.6 Å². The van der Waals surface area contributed by atoms with E-state index in [0.29, 0.717) is 11.3 Å². The fraction of sp³-hybridized carbons (Fsp3) is 0.0667. The van der Waals surface area contributed by atoms with Crippen molar-refractivity contribution in [2.45, 2.75) is 4.90 Å². The van der Waals surface area contributed by atoms with Crippen LogP contribution in [0.15, 0.2) is 64.9 Å². The van der Waals surface area contributed by atoms with Crippen LogP contribution in [0.3, 0.4) is 0 Å². The molecule has 0 bridgehead atoms. The van der Waals surface area contributed by atoms with Gasteiger partial charge in [0.2, 0.25) is 9.84 Å². The smallest absolute Gasteiger partial charge is 0.201 e. The quantitative estimate of drug-likeness (QED) is 0.865. The van der Waals surface area contributed by atoms with Crippen molar-refractivity contribution in [2.24, 2.45) is 0 Å². The lowest BCUT2D eigenvalue weighted by atomic mass is 10.2. The van der Waals surface area contributed by atoms with Crippen LogP contribution in [0.25, 0.3) is 5.03 Å². The summed E-state index contributed by atoms with van der Waals surface area (Å²) < 4.78 is 29.3. The third-order valence-corrected chi connectivity index (χ3v) is 4.63. The highest BCUT2D eigenvalue weighted by atomic mass is 35.5. The van der Waals surface area contributed by atoms with Gasteiger partial charge in [-0.3, -0.25) is 0 Å². The Morgan fingerprint density at radius 3 is 2.20 bits per heavy atom. The first-order valence-corrected chi connectivity index (χ1v) is 7.77. The van der Waals surface area contributed by atoms with Gasteiger partial charge in [0.25, 0.3) is 0 Å². The van der Waals surface area contributed by atoms with Gasteiger partial charge in [-0.2, -0.15) is 0 Å². The highest BCUT2D eigenvalue weighted by Crippen LogP contribution is 2.24. The van der Waals surface area contributed by atoms with Crippen LogP contribution in [0, 0.1) is 0 Å². The summed E-state index contributed by atoms with van der Waals surface area (Å²) in [6.07, 6.45) is 0. The van der Waals surface area contributed by atoms with Crippen molar-refractivity contribution >= 4 is 26.5 Å². The molecule has 2 aromatic rings. The summed E-state index contributed by atoms with van der Waals surface area (Å²) >= 11 is 6.08. The Kier molecular flexibility index (Phi) is 4.47. The molecule has 2 rings (SSSR count). The van der Waals surface area contributed by atoms with E-state index in [4.69, 9.17) is 16.3 Å². The van der Waals surface area contributed by atoms with Crippen molar-refractivity contribution in [3.8, 4) is 5.75 Å². The molecule has 0 aromatic heterocycles. The summed E-state index contributed by atoms with van der Waals surface area (Å²) in [4.78, 5) is 0.215. The summed E-state index contributed by atoms with van der Waals surface area (Å²) in [6.45, 7) is 0. The lowest BCUT2D eigenvalue weighted by Gasteiger charge is -2.03. The molecule has 0 radical (unpaired) electrons. The molecule has 2 aromatic carbocycles. The SMILES string of the molecule is COc1ccc(/C(Cl)=C/S(=O)(=O)c2ccccc2)cc1. The summed E-state index contributed by atoms with van der Waals surface area (Å²) in [7, 11) is -1.99. The molecule has 104 valence electrons. The highest BCUT2D eigenvalue weighted by molar-refractivity contribution is 7.94. The van der Waals surface area contributed by atoms with Crippen LogP contribution in [-0.2, 0) is 9.84 Å². The third-order valence-electron chi connectivity index (χ3n) is 2.70. The van der Waals surface area contributed by atoms with E-state index in [0.717, 1.165) is 5.41 Å². The maximum atomic E-state index is 12.2. The summed E-state index contributed by atoms with van der Waals surface area (Å²) in [5, 5.41) is 1.22. The van der Waals surface area contributed by atoms with Gasteiger partial charge in [0.05, 0.1) is 22.4 Å². The van der Waals surface area contributed by atoms with E-state index in [1.807, 2.05) is 0 Å². The molecule has 20 heavy (non-hydrogen) atoms. The molecule has 0 saturated carbocycles. The van der Waals surface area contributed by atoms with Crippen LogP contribution in [-0.4, -0.2) is 15.5 Å². The van der Waals surface area contributed by atoms with Crippen molar-refractivity contribution in [3.63, 3.8) is 0 Å². The van der Waals surface area contributed by atoms with Crippen molar-refractivity contribution in [1.29, 1.82) is 0 Å². The van der Waals surface area contributed by atoms with Gasteiger partial charge in [-0.25, -0.2) is 8.42 Å². The van der Waals surface area contributed by atoms with Crippen LogP contribution in [0.5, 0.6) is 5.75 Å². The van der Waals surface area contributed by atoms with Gasteiger partial charge in [0.1, 0.15) is 5.75 Å². The minimum Gasteiger partial charge on any atom is -0.497 e. The second-order valence-corrected chi connectivity index (χ2v) is 6.26. The second-order valence-electron chi connectivity index (χ2n) is 4.05. The van der Waals surface area contributed by atoms with Gasteiger partial charge < -0.3 is 4.74 Å². The molecule has 0 atom stereocenters. The molecule has 0 aliphatic heterocycles.